The van der Waals surface area contributed by atoms with E-state index in [1.807, 2.05) is 6.92 Å². The first kappa shape index (κ1) is 17.7. The van der Waals surface area contributed by atoms with Crippen molar-refractivity contribution in [3.05, 3.63) is 34.2 Å². The van der Waals surface area contributed by atoms with Crippen molar-refractivity contribution in [2.24, 2.45) is 0 Å². The van der Waals surface area contributed by atoms with Gasteiger partial charge in [0.05, 0.1) is 19.2 Å². The molecule has 0 bridgehead atoms. The number of carbonyl (C=O) groups excluding carboxylic acids is 2. The van der Waals surface area contributed by atoms with E-state index >= 15 is 0 Å². The van der Waals surface area contributed by atoms with Crippen LogP contribution in [0.5, 0.6) is 0 Å². The van der Waals surface area contributed by atoms with Crippen molar-refractivity contribution >= 4 is 11.9 Å². The number of aromatic amines is 1. The van der Waals surface area contributed by atoms with Crippen LogP contribution in [0, 0.1) is 13.8 Å². The van der Waals surface area contributed by atoms with E-state index < -0.39 is 5.97 Å². The Morgan fingerprint density at radius 3 is 2.58 bits per heavy atom. The molecule has 2 heterocycles. The average Bonchev–Trinajstić information content (AvgIpc) is 3.09. The number of hydrogen-bond donors (Lipinski definition) is 1. The lowest BCUT2D eigenvalue weighted by molar-refractivity contribution is 0.0599. The van der Waals surface area contributed by atoms with E-state index in [9.17, 15) is 9.59 Å². The molecule has 2 rings (SSSR count). The Kier molecular flexibility index (Phi) is 5.38. The summed E-state index contributed by atoms with van der Waals surface area (Å²) in [6.07, 6.45) is 1.40. The Morgan fingerprint density at radius 2 is 2.04 bits per heavy atom. The van der Waals surface area contributed by atoms with Crippen LogP contribution < -0.4 is 0 Å². The molecule has 1 amide bonds. The second-order valence-electron chi connectivity index (χ2n) is 5.61. The molecule has 0 aliphatic rings. The van der Waals surface area contributed by atoms with E-state index in [1.54, 1.807) is 20.9 Å². The third-order valence-corrected chi connectivity index (χ3v) is 3.69. The zero-order valence-electron chi connectivity index (χ0n) is 14.6. The van der Waals surface area contributed by atoms with Gasteiger partial charge in [-0.05, 0) is 18.9 Å². The number of esters is 1. The van der Waals surface area contributed by atoms with Gasteiger partial charge in [0.25, 0.3) is 5.91 Å². The largest absolute Gasteiger partial charge is 0.465 e. The summed E-state index contributed by atoms with van der Waals surface area (Å²) in [4.78, 5) is 33.4. The van der Waals surface area contributed by atoms with Crippen LogP contribution in [0.3, 0.4) is 0 Å². The molecule has 0 spiro atoms. The highest BCUT2D eigenvalue weighted by molar-refractivity contribution is 6.00. The lowest BCUT2D eigenvalue weighted by atomic mass is 10.0. The molecule has 130 valence electrons. The SMILES string of the molecule is CCCc1c(C(=O)N(C)Cc2noc(C)n2)[nH]c(C)c1C(=O)OC. The summed E-state index contributed by atoms with van der Waals surface area (Å²) in [6, 6.07) is 0. The highest BCUT2D eigenvalue weighted by Crippen LogP contribution is 2.23. The number of hydrogen-bond acceptors (Lipinski definition) is 6. The smallest absolute Gasteiger partial charge is 0.339 e. The molecule has 0 saturated heterocycles. The van der Waals surface area contributed by atoms with Crippen molar-refractivity contribution in [3.8, 4) is 0 Å². The second-order valence-corrected chi connectivity index (χ2v) is 5.61. The van der Waals surface area contributed by atoms with Gasteiger partial charge in [0.1, 0.15) is 5.69 Å². The average molecular weight is 334 g/mol. The molecule has 0 fully saturated rings. The van der Waals surface area contributed by atoms with Crippen LogP contribution in [0.1, 0.15) is 57.2 Å². The number of nitrogens with zero attached hydrogens (tertiary/aromatic N) is 3. The predicted molar refractivity (Wildman–Crippen MR) is 85.7 cm³/mol. The van der Waals surface area contributed by atoms with Gasteiger partial charge in [-0.25, -0.2) is 4.79 Å². The maximum atomic E-state index is 12.8. The van der Waals surface area contributed by atoms with Crippen LogP contribution in [0.25, 0.3) is 0 Å². The van der Waals surface area contributed by atoms with Crippen LogP contribution in [0.15, 0.2) is 4.52 Å². The molecule has 0 radical (unpaired) electrons. The highest BCUT2D eigenvalue weighted by atomic mass is 16.5. The number of aromatic nitrogens is 3. The van der Waals surface area contributed by atoms with Crippen LogP contribution in [0.2, 0.25) is 0 Å². The van der Waals surface area contributed by atoms with Crippen LogP contribution in [0.4, 0.5) is 0 Å². The first-order chi connectivity index (χ1) is 11.4. The molecular weight excluding hydrogens is 312 g/mol. The number of amides is 1. The maximum Gasteiger partial charge on any atom is 0.339 e. The van der Waals surface area contributed by atoms with Gasteiger partial charge in [-0.3, -0.25) is 4.79 Å². The van der Waals surface area contributed by atoms with Crippen molar-refractivity contribution < 1.29 is 18.8 Å². The Labute approximate surface area is 140 Å². The summed E-state index contributed by atoms with van der Waals surface area (Å²) in [5, 5.41) is 3.79. The molecule has 2 aromatic heterocycles. The Hall–Kier alpha value is -2.64. The van der Waals surface area contributed by atoms with Crippen molar-refractivity contribution in [2.45, 2.75) is 40.2 Å². The lowest BCUT2D eigenvalue weighted by Gasteiger charge is -2.15. The van der Waals surface area contributed by atoms with Crippen molar-refractivity contribution in [2.75, 3.05) is 14.2 Å². The van der Waals surface area contributed by atoms with Gasteiger partial charge in [-0.2, -0.15) is 4.98 Å². The van der Waals surface area contributed by atoms with E-state index in [-0.39, 0.29) is 12.5 Å². The molecule has 1 N–H and O–H groups in total. The summed E-state index contributed by atoms with van der Waals surface area (Å²) in [5.41, 5.74) is 2.14. The van der Waals surface area contributed by atoms with Crippen LogP contribution >= 0.6 is 0 Å². The van der Waals surface area contributed by atoms with Gasteiger partial charge >= 0.3 is 5.97 Å². The molecule has 0 aliphatic carbocycles. The van der Waals surface area contributed by atoms with Crippen LogP contribution in [-0.4, -0.2) is 46.1 Å². The fourth-order valence-electron chi connectivity index (χ4n) is 2.62. The first-order valence-corrected chi connectivity index (χ1v) is 7.73. The summed E-state index contributed by atoms with van der Waals surface area (Å²) in [6.45, 7) is 5.65. The van der Waals surface area contributed by atoms with Gasteiger partial charge in [0, 0.05) is 19.7 Å². The molecule has 8 heteroatoms. The molecule has 0 saturated carbocycles. The summed E-state index contributed by atoms with van der Waals surface area (Å²) in [7, 11) is 2.98. The minimum atomic E-state index is -0.442. The molecule has 8 nitrogen and oxygen atoms in total. The number of carbonyl (C=O) groups is 2. The number of nitrogens with one attached hydrogen (secondary N) is 1. The molecule has 0 aliphatic heterocycles. The summed E-state index contributed by atoms with van der Waals surface area (Å²) < 4.78 is 9.75. The van der Waals surface area contributed by atoms with E-state index in [1.165, 1.54) is 12.0 Å². The Morgan fingerprint density at radius 1 is 1.33 bits per heavy atom. The van der Waals surface area contributed by atoms with Crippen molar-refractivity contribution in [1.29, 1.82) is 0 Å². The standard InChI is InChI=1S/C16H22N4O4/c1-6-7-11-13(16(22)23-5)9(2)17-14(11)15(21)20(4)8-12-18-10(3)24-19-12/h17H,6-8H2,1-5H3. The number of ether oxygens (including phenoxy) is 1. The Balaban J connectivity index is 2.32. The number of H-pyrrole nitrogens is 1. The first-order valence-electron chi connectivity index (χ1n) is 7.73. The molecule has 2 aromatic rings. The zero-order chi connectivity index (χ0) is 17.9. The molecule has 0 atom stereocenters. The van der Waals surface area contributed by atoms with Crippen LogP contribution in [-0.2, 0) is 17.7 Å². The fraction of sp³-hybridized carbons (Fsp3) is 0.500. The van der Waals surface area contributed by atoms with E-state index in [4.69, 9.17) is 9.26 Å². The normalized spacial score (nSPS) is 10.7. The third kappa shape index (κ3) is 3.47. The van der Waals surface area contributed by atoms with E-state index in [0.717, 1.165) is 6.42 Å². The summed E-state index contributed by atoms with van der Waals surface area (Å²) in [5.74, 6) is 0.194. The molecule has 0 aromatic carbocycles. The number of methoxy groups -OCH3 is 1. The topological polar surface area (TPSA) is 101 Å². The molecular formula is C16H22N4O4. The van der Waals surface area contributed by atoms with Gasteiger partial charge in [-0.1, -0.05) is 18.5 Å². The second kappa shape index (κ2) is 7.29. The van der Waals surface area contributed by atoms with E-state index in [0.29, 0.717) is 40.7 Å². The highest BCUT2D eigenvalue weighted by Gasteiger charge is 2.26. The maximum absolute atomic E-state index is 12.8. The minimum absolute atomic E-state index is 0.216. The molecule has 24 heavy (non-hydrogen) atoms. The van der Waals surface area contributed by atoms with Gasteiger partial charge in [0.2, 0.25) is 5.89 Å². The lowest BCUT2D eigenvalue weighted by Crippen LogP contribution is -2.28. The third-order valence-electron chi connectivity index (χ3n) is 3.69. The molecule has 0 unspecified atom stereocenters. The fourth-order valence-corrected chi connectivity index (χ4v) is 2.62. The number of rotatable bonds is 6. The minimum Gasteiger partial charge on any atom is -0.465 e. The van der Waals surface area contributed by atoms with Gasteiger partial charge < -0.3 is 19.1 Å². The number of aryl methyl sites for hydroxylation is 2. The monoisotopic (exact) mass is 334 g/mol. The van der Waals surface area contributed by atoms with Crippen molar-refractivity contribution in [3.63, 3.8) is 0 Å². The van der Waals surface area contributed by atoms with Crippen molar-refractivity contribution in [1.82, 2.24) is 20.0 Å². The van der Waals surface area contributed by atoms with Gasteiger partial charge in [0.15, 0.2) is 5.82 Å². The Bertz CT molecular complexity index is 747. The predicted octanol–water partition coefficient (Wildman–Crippen LogP) is 2.03. The quantitative estimate of drug-likeness (QED) is 0.811. The summed E-state index contributed by atoms with van der Waals surface area (Å²) >= 11 is 0. The zero-order valence-corrected chi connectivity index (χ0v) is 14.6. The van der Waals surface area contributed by atoms with E-state index in [2.05, 4.69) is 15.1 Å². The van der Waals surface area contributed by atoms with Gasteiger partial charge in [-0.15, -0.1) is 0 Å².